The molecule has 0 saturated heterocycles. The molecule has 0 aliphatic carbocycles. The summed E-state index contributed by atoms with van der Waals surface area (Å²) >= 11 is 0. The van der Waals surface area contributed by atoms with Crippen LogP contribution in [-0.2, 0) is 0 Å². The summed E-state index contributed by atoms with van der Waals surface area (Å²) in [6.45, 7) is 0. The Morgan fingerprint density at radius 3 is 0.786 bits per heavy atom. The van der Waals surface area contributed by atoms with Crippen LogP contribution in [0.5, 0.6) is 0 Å². The van der Waals surface area contributed by atoms with Gasteiger partial charge in [-0.15, -0.1) is 0 Å². The van der Waals surface area contributed by atoms with Crippen molar-refractivity contribution in [2.24, 2.45) is 0 Å². The summed E-state index contributed by atoms with van der Waals surface area (Å²) in [6, 6.07) is 82.3. The lowest BCUT2D eigenvalue weighted by Crippen LogP contribution is -2.16. The number of aromatic nitrogens is 4. The van der Waals surface area contributed by atoms with E-state index in [0.29, 0.717) is 33.9 Å². The molecule has 15 rings (SSSR count). The van der Waals surface area contributed by atoms with Crippen LogP contribution >= 0.6 is 0 Å². The number of nitrogens with zero attached hydrogens (tertiary/aromatic N) is 6. The van der Waals surface area contributed by atoms with Gasteiger partial charge < -0.3 is 18.3 Å². The Kier molecular flexibility index (Phi) is 7.82. The summed E-state index contributed by atoms with van der Waals surface area (Å²) in [6.07, 6.45) is 0. The monoisotopic (exact) mass is 888 g/mol. The number of hydrogen-bond acceptors (Lipinski definition) is 2. The zero-order valence-corrected chi connectivity index (χ0v) is 37.5. The van der Waals surface area contributed by atoms with Gasteiger partial charge in [-0.25, -0.2) is 0 Å². The standard InChI is InChI=1S/C64H36N6/c65-37-49-62(68-53-29-13-7-23-45(53)46-24-8-14-30-54(46)68)64(70-56-32-16-10-26-48(56)60-42-20-4-2-18-40(42)34-36-58(60)70)50(38-66)61(67-51-27-11-5-21-43(51)44-22-6-12-28-52(44)67)63(49)69-55-31-15-9-25-47(55)59-41-19-3-1-17-39(41)33-35-57(59)69/h1-36H. The molecular formula is C64H36N6. The second-order valence-corrected chi connectivity index (χ2v) is 18.2. The molecule has 6 heteroatoms. The van der Waals surface area contributed by atoms with Gasteiger partial charge in [-0.1, -0.05) is 170 Å². The predicted molar refractivity (Wildman–Crippen MR) is 288 cm³/mol. The third kappa shape index (κ3) is 4.93. The highest BCUT2D eigenvalue weighted by Gasteiger charge is 2.34. The first kappa shape index (κ1) is 38.2. The van der Waals surface area contributed by atoms with E-state index in [-0.39, 0.29) is 0 Å². The maximum Gasteiger partial charge on any atom is 0.104 e. The fourth-order valence-electron chi connectivity index (χ4n) is 12.1. The predicted octanol–water partition coefficient (Wildman–Crippen LogP) is 16.1. The van der Waals surface area contributed by atoms with Crippen LogP contribution in [0.1, 0.15) is 11.1 Å². The molecule has 0 atom stereocenters. The van der Waals surface area contributed by atoms with Gasteiger partial charge in [0.15, 0.2) is 0 Å². The average molecular weight is 889 g/mol. The Hall–Kier alpha value is -9.88. The molecule has 11 aromatic carbocycles. The molecule has 322 valence electrons. The van der Waals surface area contributed by atoms with Crippen LogP contribution in [0.4, 0.5) is 0 Å². The summed E-state index contributed by atoms with van der Waals surface area (Å²) in [4.78, 5) is 0. The average Bonchev–Trinajstić information content (AvgIpc) is 4.15. The largest absolute Gasteiger partial charge is 0.306 e. The van der Waals surface area contributed by atoms with Gasteiger partial charge in [0.2, 0.25) is 0 Å². The van der Waals surface area contributed by atoms with Crippen molar-refractivity contribution < 1.29 is 0 Å². The molecule has 0 unspecified atom stereocenters. The molecule has 0 saturated carbocycles. The van der Waals surface area contributed by atoms with Crippen molar-refractivity contribution in [2.75, 3.05) is 0 Å². The summed E-state index contributed by atoms with van der Waals surface area (Å²) in [7, 11) is 0. The smallest absolute Gasteiger partial charge is 0.104 e. The third-order valence-corrected chi connectivity index (χ3v) is 14.8. The Morgan fingerprint density at radius 1 is 0.229 bits per heavy atom. The summed E-state index contributed by atoms with van der Waals surface area (Å²) in [5.74, 6) is 0. The SMILES string of the molecule is N#Cc1c(-n2c3ccccc3c3ccccc32)c(-n2c3ccccc3c3c4ccccc4ccc32)c(C#N)c(-n2c3ccccc3c3ccccc32)c1-n1c2ccccc2c2c3ccccc3ccc21. The van der Waals surface area contributed by atoms with Crippen LogP contribution in [0.25, 0.3) is 132 Å². The van der Waals surface area contributed by atoms with Crippen LogP contribution in [0.2, 0.25) is 0 Å². The number of para-hydroxylation sites is 6. The lowest BCUT2D eigenvalue weighted by Gasteiger charge is -2.27. The maximum absolute atomic E-state index is 12.6. The molecule has 0 fully saturated rings. The van der Waals surface area contributed by atoms with Crippen LogP contribution < -0.4 is 0 Å². The number of fused-ring (bicyclic) bond motifs is 16. The van der Waals surface area contributed by atoms with Gasteiger partial charge >= 0.3 is 0 Å². The fraction of sp³-hybridized carbons (Fsp3) is 0. The molecule has 0 aliphatic heterocycles. The van der Waals surface area contributed by atoms with E-state index in [9.17, 15) is 10.5 Å². The molecule has 0 spiro atoms. The number of hydrogen-bond donors (Lipinski definition) is 0. The molecule has 4 heterocycles. The second-order valence-electron chi connectivity index (χ2n) is 18.2. The first-order chi connectivity index (χ1) is 34.7. The van der Waals surface area contributed by atoms with E-state index >= 15 is 0 Å². The molecular weight excluding hydrogens is 853 g/mol. The molecule has 15 aromatic rings. The highest BCUT2D eigenvalue weighted by molar-refractivity contribution is 6.24. The van der Waals surface area contributed by atoms with Crippen molar-refractivity contribution >= 4 is 109 Å². The van der Waals surface area contributed by atoms with Crippen molar-refractivity contribution in [2.45, 2.75) is 0 Å². The minimum Gasteiger partial charge on any atom is -0.306 e. The zero-order valence-electron chi connectivity index (χ0n) is 37.5. The molecule has 4 aromatic heterocycles. The van der Waals surface area contributed by atoms with E-state index < -0.39 is 0 Å². The Labute approximate surface area is 400 Å². The number of rotatable bonds is 4. The molecule has 6 nitrogen and oxygen atoms in total. The first-order valence-electron chi connectivity index (χ1n) is 23.6. The summed E-state index contributed by atoms with van der Waals surface area (Å²) < 4.78 is 9.05. The lowest BCUT2D eigenvalue weighted by molar-refractivity contribution is 1.02. The highest BCUT2D eigenvalue weighted by Crippen LogP contribution is 2.49. The molecule has 0 aliphatic rings. The first-order valence-corrected chi connectivity index (χ1v) is 23.6. The quantitative estimate of drug-likeness (QED) is 0.177. The van der Waals surface area contributed by atoms with Gasteiger partial charge in [-0.05, 0) is 70.1 Å². The van der Waals surface area contributed by atoms with Crippen molar-refractivity contribution in [3.05, 3.63) is 230 Å². The van der Waals surface area contributed by atoms with Crippen molar-refractivity contribution in [1.29, 1.82) is 10.5 Å². The fourth-order valence-corrected chi connectivity index (χ4v) is 12.1. The van der Waals surface area contributed by atoms with Crippen LogP contribution in [-0.4, -0.2) is 18.3 Å². The number of nitriles is 2. The van der Waals surface area contributed by atoms with Gasteiger partial charge in [0.1, 0.15) is 23.3 Å². The van der Waals surface area contributed by atoms with Crippen molar-refractivity contribution in [3.8, 4) is 34.9 Å². The van der Waals surface area contributed by atoms with E-state index in [0.717, 1.165) is 109 Å². The summed E-state index contributed by atoms with van der Waals surface area (Å²) in [5.41, 5.74) is 10.8. The zero-order chi connectivity index (χ0) is 46.2. The van der Waals surface area contributed by atoms with Gasteiger partial charge in [0.25, 0.3) is 0 Å². The Balaban J connectivity index is 1.28. The lowest BCUT2D eigenvalue weighted by atomic mass is 9.98. The van der Waals surface area contributed by atoms with Crippen LogP contribution in [0, 0.1) is 22.7 Å². The Bertz CT molecular complexity index is 4450. The Morgan fingerprint density at radius 2 is 0.471 bits per heavy atom. The molecule has 0 N–H and O–H groups in total. The normalized spacial score (nSPS) is 12.0. The number of benzene rings is 11. The molecule has 0 amide bonds. The topological polar surface area (TPSA) is 67.3 Å². The van der Waals surface area contributed by atoms with Gasteiger partial charge in [0.05, 0.1) is 66.9 Å². The van der Waals surface area contributed by atoms with E-state index in [2.05, 4.69) is 249 Å². The minimum absolute atomic E-state index is 0.430. The minimum atomic E-state index is 0.430. The van der Waals surface area contributed by atoms with Gasteiger partial charge in [-0.2, -0.15) is 10.5 Å². The van der Waals surface area contributed by atoms with E-state index in [1.165, 1.54) is 0 Å². The van der Waals surface area contributed by atoms with E-state index in [1.54, 1.807) is 0 Å². The summed E-state index contributed by atoms with van der Waals surface area (Å²) in [5, 5.41) is 38.1. The van der Waals surface area contributed by atoms with E-state index in [4.69, 9.17) is 0 Å². The molecule has 0 radical (unpaired) electrons. The van der Waals surface area contributed by atoms with Crippen LogP contribution in [0.3, 0.4) is 0 Å². The third-order valence-electron chi connectivity index (χ3n) is 14.8. The highest BCUT2D eigenvalue weighted by atomic mass is 15.1. The van der Waals surface area contributed by atoms with Gasteiger partial charge in [0, 0.05) is 43.1 Å². The van der Waals surface area contributed by atoms with Crippen molar-refractivity contribution in [3.63, 3.8) is 0 Å². The van der Waals surface area contributed by atoms with Gasteiger partial charge in [-0.3, -0.25) is 0 Å². The van der Waals surface area contributed by atoms with Crippen LogP contribution in [0.15, 0.2) is 218 Å². The molecule has 0 bridgehead atoms. The molecule has 70 heavy (non-hydrogen) atoms. The second kappa shape index (κ2) is 14.3. The maximum atomic E-state index is 12.6. The van der Waals surface area contributed by atoms with Crippen molar-refractivity contribution in [1.82, 2.24) is 18.3 Å². The van der Waals surface area contributed by atoms with E-state index in [1.807, 2.05) is 0 Å².